The van der Waals surface area contributed by atoms with Gasteiger partial charge >= 0.3 is 6.03 Å². The second-order valence-corrected chi connectivity index (χ2v) is 5.16. The number of likely N-dealkylation sites (N-methyl/N-ethyl adjacent to an activating group) is 1. The SMILES string of the molecule is CCN(CC1CCCN1)C(=O)N1CCCCC1. The van der Waals surface area contributed by atoms with Crippen LogP contribution in [-0.4, -0.2) is 54.6 Å². The first-order chi connectivity index (χ1) is 8.31. The summed E-state index contributed by atoms with van der Waals surface area (Å²) in [6.45, 7) is 6.80. The Hall–Kier alpha value is -0.770. The third-order valence-corrected chi connectivity index (χ3v) is 3.88. The van der Waals surface area contributed by atoms with Crippen molar-refractivity contribution in [1.82, 2.24) is 15.1 Å². The van der Waals surface area contributed by atoms with Crippen molar-refractivity contribution >= 4 is 6.03 Å². The molecule has 0 bridgehead atoms. The molecule has 0 radical (unpaired) electrons. The number of hydrogen-bond acceptors (Lipinski definition) is 2. The maximum atomic E-state index is 12.3. The fourth-order valence-corrected chi connectivity index (χ4v) is 2.81. The molecule has 2 aliphatic heterocycles. The summed E-state index contributed by atoms with van der Waals surface area (Å²) >= 11 is 0. The number of likely N-dealkylation sites (tertiary alicyclic amines) is 1. The summed E-state index contributed by atoms with van der Waals surface area (Å²) in [5.74, 6) is 0. The molecule has 2 heterocycles. The highest BCUT2D eigenvalue weighted by Crippen LogP contribution is 2.13. The summed E-state index contributed by atoms with van der Waals surface area (Å²) in [5.41, 5.74) is 0. The van der Waals surface area contributed by atoms with E-state index in [1.165, 1.54) is 32.1 Å². The Labute approximate surface area is 104 Å². The Morgan fingerprint density at radius 2 is 2.06 bits per heavy atom. The largest absolute Gasteiger partial charge is 0.325 e. The van der Waals surface area contributed by atoms with Gasteiger partial charge < -0.3 is 15.1 Å². The molecule has 0 spiro atoms. The minimum absolute atomic E-state index is 0.251. The Balaban J connectivity index is 1.84. The molecule has 98 valence electrons. The summed E-state index contributed by atoms with van der Waals surface area (Å²) in [6, 6.07) is 0.768. The molecular weight excluding hydrogens is 214 g/mol. The van der Waals surface area contributed by atoms with E-state index >= 15 is 0 Å². The van der Waals surface area contributed by atoms with Crippen LogP contribution in [0.2, 0.25) is 0 Å². The number of rotatable bonds is 3. The van der Waals surface area contributed by atoms with Gasteiger partial charge in [-0.25, -0.2) is 4.79 Å². The molecule has 1 N–H and O–H groups in total. The van der Waals surface area contributed by atoms with Crippen LogP contribution in [0.25, 0.3) is 0 Å². The van der Waals surface area contributed by atoms with Crippen molar-refractivity contribution in [2.24, 2.45) is 0 Å². The van der Waals surface area contributed by atoms with Gasteiger partial charge in [-0.2, -0.15) is 0 Å². The van der Waals surface area contributed by atoms with Gasteiger partial charge in [-0.3, -0.25) is 0 Å². The quantitative estimate of drug-likeness (QED) is 0.813. The van der Waals surface area contributed by atoms with E-state index in [1.54, 1.807) is 0 Å². The first-order valence-electron chi connectivity index (χ1n) is 7.08. The molecule has 2 aliphatic rings. The van der Waals surface area contributed by atoms with Crippen LogP contribution in [0.3, 0.4) is 0 Å². The lowest BCUT2D eigenvalue weighted by Gasteiger charge is -2.33. The molecule has 17 heavy (non-hydrogen) atoms. The van der Waals surface area contributed by atoms with Crippen molar-refractivity contribution < 1.29 is 4.79 Å². The van der Waals surface area contributed by atoms with E-state index in [0.29, 0.717) is 6.04 Å². The zero-order valence-corrected chi connectivity index (χ0v) is 11.0. The number of urea groups is 1. The monoisotopic (exact) mass is 239 g/mol. The molecule has 0 aromatic heterocycles. The van der Waals surface area contributed by atoms with Gasteiger partial charge in [-0.15, -0.1) is 0 Å². The van der Waals surface area contributed by atoms with Crippen molar-refractivity contribution in [1.29, 1.82) is 0 Å². The third kappa shape index (κ3) is 3.35. The number of carbonyl (C=O) groups is 1. The topological polar surface area (TPSA) is 35.6 Å². The highest BCUT2D eigenvalue weighted by molar-refractivity contribution is 5.74. The fraction of sp³-hybridized carbons (Fsp3) is 0.923. The van der Waals surface area contributed by atoms with E-state index < -0.39 is 0 Å². The van der Waals surface area contributed by atoms with Gasteiger partial charge in [0.2, 0.25) is 0 Å². The molecule has 0 aromatic carbocycles. The normalized spacial score (nSPS) is 25.0. The Morgan fingerprint density at radius 1 is 1.29 bits per heavy atom. The van der Waals surface area contributed by atoms with E-state index in [4.69, 9.17) is 0 Å². The van der Waals surface area contributed by atoms with Crippen LogP contribution < -0.4 is 5.32 Å². The summed E-state index contributed by atoms with van der Waals surface area (Å²) in [7, 11) is 0. The summed E-state index contributed by atoms with van der Waals surface area (Å²) in [4.78, 5) is 16.4. The van der Waals surface area contributed by atoms with Crippen molar-refractivity contribution in [3.8, 4) is 0 Å². The zero-order chi connectivity index (χ0) is 12.1. The van der Waals surface area contributed by atoms with Crippen LogP contribution in [0.1, 0.15) is 39.0 Å². The highest BCUT2D eigenvalue weighted by atomic mass is 16.2. The van der Waals surface area contributed by atoms with Gasteiger partial charge in [-0.05, 0) is 45.6 Å². The molecule has 4 nitrogen and oxygen atoms in total. The minimum Gasteiger partial charge on any atom is -0.325 e. The van der Waals surface area contributed by atoms with Crippen LogP contribution in [0, 0.1) is 0 Å². The average molecular weight is 239 g/mol. The van der Waals surface area contributed by atoms with Crippen LogP contribution in [0.4, 0.5) is 4.79 Å². The maximum absolute atomic E-state index is 12.3. The molecule has 2 saturated heterocycles. The molecule has 0 aliphatic carbocycles. The zero-order valence-electron chi connectivity index (χ0n) is 11.0. The second-order valence-electron chi connectivity index (χ2n) is 5.16. The summed E-state index contributed by atoms with van der Waals surface area (Å²) in [6.07, 6.45) is 6.08. The first-order valence-corrected chi connectivity index (χ1v) is 7.08. The van der Waals surface area contributed by atoms with Crippen LogP contribution >= 0.6 is 0 Å². The van der Waals surface area contributed by atoms with Crippen molar-refractivity contribution in [3.05, 3.63) is 0 Å². The van der Waals surface area contributed by atoms with Gasteiger partial charge in [0.25, 0.3) is 0 Å². The van der Waals surface area contributed by atoms with E-state index in [1.807, 2.05) is 9.80 Å². The Bertz CT molecular complexity index is 245. The molecule has 4 heteroatoms. The van der Waals surface area contributed by atoms with Crippen LogP contribution in [0.15, 0.2) is 0 Å². The number of amides is 2. The lowest BCUT2D eigenvalue weighted by Crippen LogP contribution is -2.49. The van der Waals surface area contributed by atoms with E-state index in [2.05, 4.69) is 12.2 Å². The number of hydrogen-bond donors (Lipinski definition) is 1. The van der Waals surface area contributed by atoms with Gasteiger partial charge in [0, 0.05) is 32.2 Å². The number of nitrogens with one attached hydrogen (secondary N) is 1. The van der Waals surface area contributed by atoms with Crippen LogP contribution in [-0.2, 0) is 0 Å². The van der Waals surface area contributed by atoms with Gasteiger partial charge in [-0.1, -0.05) is 0 Å². The van der Waals surface area contributed by atoms with Crippen molar-refractivity contribution in [2.45, 2.75) is 45.1 Å². The molecule has 2 fully saturated rings. The lowest BCUT2D eigenvalue weighted by molar-refractivity contribution is 0.142. The average Bonchev–Trinajstić information content (AvgIpc) is 2.89. The molecule has 0 aromatic rings. The predicted molar refractivity (Wildman–Crippen MR) is 69.1 cm³/mol. The molecular formula is C13H25N3O. The summed E-state index contributed by atoms with van der Waals surface area (Å²) in [5, 5.41) is 3.47. The van der Waals surface area contributed by atoms with Crippen molar-refractivity contribution in [2.75, 3.05) is 32.7 Å². The standard InChI is InChI=1S/C13H25N3O/c1-2-15(11-12-7-6-8-14-12)13(17)16-9-4-3-5-10-16/h12,14H,2-11H2,1H3. The number of nitrogens with zero attached hydrogens (tertiary/aromatic N) is 2. The Morgan fingerprint density at radius 3 is 2.65 bits per heavy atom. The highest BCUT2D eigenvalue weighted by Gasteiger charge is 2.24. The lowest BCUT2D eigenvalue weighted by atomic mass is 10.1. The van der Waals surface area contributed by atoms with Crippen molar-refractivity contribution in [3.63, 3.8) is 0 Å². The first kappa shape index (κ1) is 12.7. The molecule has 0 saturated carbocycles. The molecule has 2 rings (SSSR count). The van der Waals surface area contributed by atoms with Gasteiger partial charge in [0.05, 0.1) is 0 Å². The number of carbonyl (C=O) groups excluding carboxylic acids is 1. The van der Waals surface area contributed by atoms with Gasteiger partial charge in [0.15, 0.2) is 0 Å². The number of piperidine rings is 1. The molecule has 1 unspecified atom stereocenters. The van der Waals surface area contributed by atoms with E-state index in [-0.39, 0.29) is 6.03 Å². The molecule has 2 amide bonds. The smallest absolute Gasteiger partial charge is 0.320 e. The Kier molecular flexibility index (Phi) is 4.66. The third-order valence-electron chi connectivity index (χ3n) is 3.88. The predicted octanol–water partition coefficient (Wildman–Crippen LogP) is 1.67. The van der Waals surface area contributed by atoms with Crippen LogP contribution in [0.5, 0.6) is 0 Å². The molecule has 1 atom stereocenters. The second kappa shape index (κ2) is 6.24. The van der Waals surface area contributed by atoms with E-state index in [9.17, 15) is 4.79 Å². The van der Waals surface area contributed by atoms with Gasteiger partial charge in [0.1, 0.15) is 0 Å². The minimum atomic E-state index is 0.251. The summed E-state index contributed by atoms with van der Waals surface area (Å²) < 4.78 is 0. The van der Waals surface area contributed by atoms with E-state index in [0.717, 1.165) is 32.7 Å². The maximum Gasteiger partial charge on any atom is 0.320 e. The fourth-order valence-electron chi connectivity index (χ4n) is 2.81.